The number of hydrogen-bond donors (Lipinski definition) is 4. The third-order valence-electron chi connectivity index (χ3n) is 9.67. The van der Waals surface area contributed by atoms with Crippen LogP contribution < -0.4 is 15.4 Å². The van der Waals surface area contributed by atoms with E-state index < -0.39 is 17.7 Å². The molecule has 2 atom stereocenters. The molecule has 1 aromatic carbocycles. The van der Waals surface area contributed by atoms with Crippen molar-refractivity contribution in [3.05, 3.63) is 29.8 Å². The Kier molecular flexibility index (Phi) is 16.0. The number of likely N-dealkylation sites (tertiary alicyclic amines) is 1. The van der Waals surface area contributed by atoms with Crippen LogP contribution in [0.3, 0.4) is 0 Å². The third-order valence-corrected chi connectivity index (χ3v) is 9.67. The second-order valence-electron chi connectivity index (χ2n) is 12.7. The van der Waals surface area contributed by atoms with Crippen LogP contribution in [0.1, 0.15) is 87.9 Å². The number of ether oxygens (including phenoxy) is 2. The Hall–Kier alpha value is -2.44. The maximum absolute atomic E-state index is 13.8. The molecular formula is C34H55ClN4O7. The fraction of sp³-hybridized carbons (Fsp3) is 0.735. The molecule has 3 amide bonds. The Morgan fingerprint density at radius 3 is 2.41 bits per heavy atom. The first kappa shape index (κ1) is 38.0. The average Bonchev–Trinajstić information content (AvgIpc) is 3.07. The Morgan fingerprint density at radius 2 is 1.74 bits per heavy atom. The zero-order valence-corrected chi connectivity index (χ0v) is 28.2. The number of aliphatic hydroxyl groups is 2. The van der Waals surface area contributed by atoms with E-state index >= 15 is 0 Å². The second-order valence-corrected chi connectivity index (χ2v) is 12.7. The number of hydrogen-bond acceptors (Lipinski definition) is 8. The van der Waals surface area contributed by atoms with Crippen LogP contribution >= 0.6 is 12.4 Å². The molecule has 4 N–H and O–H groups in total. The van der Waals surface area contributed by atoms with E-state index in [2.05, 4.69) is 22.5 Å². The Bertz CT molecular complexity index is 1080. The molecule has 2 saturated heterocycles. The minimum Gasteiger partial charge on any atom is -0.494 e. The molecule has 260 valence electrons. The van der Waals surface area contributed by atoms with Crippen LogP contribution in [0.15, 0.2) is 24.3 Å². The second kappa shape index (κ2) is 19.4. The molecule has 12 heteroatoms. The van der Waals surface area contributed by atoms with Crippen molar-refractivity contribution >= 4 is 30.1 Å². The van der Waals surface area contributed by atoms with Gasteiger partial charge in [-0.2, -0.15) is 0 Å². The molecule has 4 rings (SSSR count). The lowest BCUT2D eigenvalue weighted by Gasteiger charge is -2.52. The van der Waals surface area contributed by atoms with E-state index in [9.17, 15) is 19.5 Å². The molecule has 3 aliphatic rings. The molecule has 0 unspecified atom stereocenters. The number of nitrogens with one attached hydrogen (secondary N) is 2. The van der Waals surface area contributed by atoms with E-state index in [1.807, 2.05) is 4.90 Å². The molecule has 46 heavy (non-hydrogen) atoms. The highest BCUT2D eigenvalue weighted by atomic mass is 35.5. The van der Waals surface area contributed by atoms with E-state index in [1.54, 1.807) is 24.3 Å². The smallest absolute Gasteiger partial charge is 0.251 e. The predicted octanol–water partition coefficient (Wildman–Crippen LogP) is 2.91. The highest BCUT2D eigenvalue weighted by Crippen LogP contribution is 2.36. The highest BCUT2D eigenvalue weighted by molar-refractivity contribution is 6.00. The number of rotatable bonds is 17. The number of nitrogens with zero attached hydrogens (tertiary/aromatic N) is 2. The van der Waals surface area contributed by atoms with Gasteiger partial charge >= 0.3 is 0 Å². The number of carbonyl (C=O) groups is 3. The number of piperazine rings is 1. The summed E-state index contributed by atoms with van der Waals surface area (Å²) in [6.45, 7) is 6.55. The van der Waals surface area contributed by atoms with Gasteiger partial charge < -0.3 is 40.1 Å². The quantitative estimate of drug-likeness (QED) is 0.186. The largest absolute Gasteiger partial charge is 0.494 e. The number of carbonyl (C=O) groups excluding carboxylic acids is 3. The van der Waals surface area contributed by atoms with Crippen molar-refractivity contribution in [1.82, 2.24) is 20.4 Å². The SMILES string of the molecule is CCCCN1C(=O)[C@@H]([C@H](O)C2CCCCC2)NC(=O)C12CCN(CCCCOc1ccc(C(=O)NCCOCCO)cc1)CC2.Cl. The van der Waals surface area contributed by atoms with Gasteiger partial charge in [0.25, 0.3) is 5.91 Å². The molecule has 1 spiro atoms. The van der Waals surface area contributed by atoms with Crippen LogP contribution in [-0.4, -0.2) is 115 Å². The first-order valence-corrected chi connectivity index (χ1v) is 17.1. The van der Waals surface area contributed by atoms with Gasteiger partial charge in [-0.1, -0.05) is 32.6 Å². The summed E-state index contributed by atoms with van der Waals surface area (Å²) < 4.78 is 11.0. The van der Waals surface area contributed by atoms with Crippen LogP contribution in [0.4, 0.5) is 0 Å². The monoisotopic (exact) mass is 666 g/mol. The summed E-state index contributed by atoms with van der Waals surface area (Å²) >= 11 is 0. The molecule has 3 fully saturated rings. The van der Waals surface area contributed by atoms with Gasteiger partial charge in [0, 0.05) is 31.7 Å². The van der Waals surface area contributed by atoms with Gasteiger partial charge in [0.05, 0.1) is 32.5 Å². The van der Waals surface area contributed by atoms with Crippen molar-refractivity contribution in [3.8, 4) is 5.75 Å². The summed E-state index contributed by atoms with van der Waals surface area (Å²) in [5, 5.41) is 25.6. The summed E-state index contributed by atoms with van der Waals surface area (Å²) in [6, 6.07) is 6.22. The van der Waals surface area contributed by atoms with Crippen molar-refractivity contribution in [2.75, 3.05) is 59.2 Å². The van der Waals surface area contributed by atoms with Crippen LogP contribution in [0.2, 0.25) is 0 Å². The van der Waals surface area contributed by atoms with E-state index in [-0.39, 0.29) is 49.3 Å². The molecule has 0 bridgehead atoms. The van der Waals surface area contributed by atoms with Crippen molar-refractivity contribution in [1.29, 1.82) is 0 Å². The van der Waals surface area contributed by atoms with E-state index in [0.717, 1.165) is 71.0 Å². The molecule has 0 aromatic heterocycles. The topological polar surface area (TPSA) is 141 Å². The molecular weight excluding hydrogens is 612 g/mol. The van der Waals surface area contributed by atoms with Crippen LogP contribution in [-0.2, 0) is 14.3 Å². The molecule has 2 heterocycles. The zero-order chi connectivity index (χ0) is 32.1. The Labute approximate surface area is 280 Å². The molecule has 1 saturated carbocycles. The standard InChI is InChI=1S/C34H54N4O7.ClH/c1-2-3-19-38-32(42)29(30(40)26-9-5-4-6-10-26)36-33(43)34(38)15-20-37(21-16-34)18-7-8-23-45-28-13-11-27(12-14-28)31(41)35-17-24-44-25-22-39;/h11-14,26,29-30,39-40H,2-10,15-25H2,1H3,(H,35,41)(H,36,43);1H/t29-,30-;/m1./s1. The number of aliphatic hydroxyl groups excluding tert-OH is 2. The minimum atomic E-state index is -0.836. The third kappa shape index (κ3) is 10.0. The molecule has 1 aliphatic carbocycles. The first-order valence-electron chi connectivity index (χ1n) is 17.1. The van der Waals surface area contributed by atoms with Crippen molar-refractivity contribution in [3.63, 3.8) is 0 Å². The van der Waals surface area contributed by atoms with Gasteiger partial charge in [-0.05, 0) is 81.7 Å². The lowest BCUT2D eigenvalue weighted by Crippen LogP contribution is -2.75. The number of halogens is 1. The average molecular weight is 667 g/mol. The number of amides is 3. The van der Waals surface area contributed by atoms with Crippen LogP contribution in [0, 0.1) is 5.92 Å². The maximum atomic E-state index is 13.8. The zero-order valence-electron chi connectivity index (χ0n) is 27.4. The summed E-state index contributed by atoms with van der Waals surface area (Å²) in [6.07, 6.45) is 9.13. The summed E-state index contributed by atoms with van der Waals surface area (Å²) in [5.41, 5.74) is -0.282. The lowest BCUT2D eigenvalue weighted by molar-refractivity contribution is -0.165. The number of unbranched alkanes of at least 4 members (excludes halogenated alkanes) is 2. The van der Waals surface area contributed by atoms with Crippen LogP contribution in [0.5, 0.6) is 5.75 Å². The van der Waals surface area contributed by atoms with Gasteiger partial charge in [-0.3, -0.25) is 14.4 Å². The van der Waals surface area contributed by atoms with Gasteiger partial charge in [-0.25, -0.2) is 0 Å². The highest BCUT2D eigenvalue weighted by Gasteiger charge is 2.55. The van der Waals surface area contributed by atoms with E-state index in [0.29, 0.717) is 50.5 Å². The number of benzene rings is 1. The van der Waals surface area contributed by atoms with Crippen molar-refractivity contribution in [2.45, 2.75) is 95.2 Å². The summed E-state index contributed by atoms with van der Waals surface area (Å²) in [4.78, 5) is 43.9. The van der Waals surface area contributed by atoms with E-state index in [1.165, 1.54) is 6.42 Å². The summed E-state index contributed by atoms with van der Waals surface area (Å²) in [5.74, 6) is 0.398. The van der Waals surface area contributed by atoms with Crippen molar-refractivity contribution < 1.29 is 34.1 Å². The minimum absolute atomic E-state index is 0. The molecule has 2 aliphatic heterocycles. The molecule has 11 nitrogen and oxygen atoms in total. The van der Waals surface area contributed by atoms with Gasteiger partial charge in [-0.15, -0.1) is 12.4 Å². The maximum Gasteiger partial charge on any atom is 0.251 e. The predicted molar refractivity (Wildman–Crippen MR) is 178 cm³/mol. The Balaban J connectivity index is 0.00000576. The normalized spacial score (nSPS) is 21.0. The van der Waals surface area contributed by atoms with Gasteiger partial charge in [0.1, 0.15) is 17.3 Å². The lowest BCUT2D eigenvalue weighted by atomic mass is 9.78. The Morgan fingerprint density at radius 1 is 1.02 bits per heavy atom. The van der Waals surface area contributed by atoms with E-state index in [4.69, 9.17) is 14.6 Å². The summed E-state index contributed by atoms with van der Waals surface area (Å²) in [7, 11) is 0. The van der Waals surface area contributed by atoms with Gasteiger partial charge in [0.15, 0.2) is 0 Å². The number of piperidine rings is 1. The van der Waals surface area contributed by atoms with Crippen molar-refractivity contribution in [2.24, 2.45) is 5.92 Å². The fourth-order valence-corrected chi connectivity index (χ4v) is 6.94. The van der Waals surface area contributed by atoms with Crippen LogP contribution in [0.25, 0.3) is 0 Å². The molecule has 1 aromatic rings. The van der Waals surface area contributed by atoms with Gasteiger partial charge in [0.2, 0.25) is 11.8 Å². The molecule has 0 radical (unpaired) electrons. The first-order chi connectivity index (χ1) is 21.9. The fourth-order valence-electron chi connectivity index (χ4n) is 6.94.